The molecular formula is C19H21N3O4. The van der Waals surface area contributed by atoms with Gasteiger partial charge in [0, 0.05) is 5.69 Å². The molecule has 0 spiro atoms. The minimum absolute atomic E-state index is 0.187. The summed E-state index contributed by atoms with van der Waals surface area (Å²) in [5.74, 6) is -1.25. The van der Waals surface area contributed by atoms with Crippen LogP contribution in [0.5, 0.6) is 5.75 Å². The summed E-state index contributed by atoms with van der Waals surface area (Å²) in [4.78, 5) is 35.2. The van der Waals surface area contributed by atoms with Gasteiger partial charge in [0.25, 0.3) is 11.8 Å². The molecule has 136 valence electrons. The second-order valence-corrected chi connectivity index (χ2v) is 5.74. The molecule has 0 radical (unpaired) electrons. The maximum atomic E-state index is 12.0. The molecule has 2 aromatic rings. The predicted octanol–water partition coefficient (Wildman–Crippen LogP) is 1.54. The van der Waals surface area contributed by atoms with Crippen molar-refractivity contribution < 1.29 is 19.1 Å². The Balaban J connectivity index is 1.84. The van der Waals surface area contributed by atoms with Gasteiger partial charge in [-0.3, -0.25) is 14.4 Å². The standard InChI is InChI=1S/C19H21N3O4/c1-12-6-5-7-13(2)18(12)22-16(23)10-21-17(24)11-26-15-9-4-3-8-14(15)19(20)25/h3-9H,10-11H2,1-2H3,(H2,20,25)(H,21,24)(H,22,23). The number of hydrogen-bond acceptors (Lipinski definition) is 4. The third kappa shape index (κ3) is 5.07. The number of nitrogens with one attached hydrogen (secondary N) is 2. The van der Waals surface area contributed by atoms with Gasteiger partial charge >= 0.3 is 0 Å². The van der Waals surface area contributed by atoms with Crippen molar-refractivity contribution in [2.24, 2.45) is 5.73 Å². The fraction of sp³-hybridized carbons (Fsp3) is 0.211. The molecule has 0 aliphatic carbocycles. The number of carbonyl (C=O) groups is 3. The molecule has 0 unspecified atom stereocenters. The molecule has 0 atom stereocenters. The SMILES string of the molecule is Cc1cccc(C)c1NC(=O)CNC(=O)COc1ccccc1C(N)=O. The Bertz CT molecular complexity index is 813. The largest absolute Gasteiger partial charge is 0.483 e. The Morgan fingerprint density at radius 3 is 2.27 bits per heavy atom. The summed E-state index contributed by atoms with van der Waals surface area (Å²) in [6, 6.07) is 12.1. The summed E-state index contributed by atoms with van der Waals surface area (Å²) >= 11 is 0. The molecule has 0 bridgehead atoms. The van der Waals surface area contributed by atoms with Crippen molar-refractivity contribution in [1.29, 1.82) is 0 Å². The van der Waals surface area contributed by atoms with Gasteiger partial charge in [-0.25, -0.2) is 0 Å². The highest BCUT2D eigenvalue weighted by Crippen LogP contribution is 2.19. The van der Waals surface area contributed by atoms with Crippen LogP contribution in [-0.2, 0) is 9.59 Å². The van der Waals surface area contributed by atoms with E-state index in [1.54, 1.807) is 18.2 Å². The zero-order valence-electron chi connectivity index (χ0n) is 14.7. The van der Waals surface area contributed by atoms with E-state index in [-0.39, 0.29) is 30.4 Å². The lowest BCUT2D eigenvalue weighted by Crippen LogP contribution is -2.36. The quantitative estimate of drug-likeness (QED) is 0.699. The van der Waals surface area contributed by atoms with Crippen LogP contribution < -0.4 is 21.1 Å². The highest BCUT2D eigenvalue weighted by molar-refractivity contribution is 5.96. The van der Waals surface area contributed by atoms with E-state index in [0.29, 0.717) is 0 Å². The number of nitrogens with two attached hydrogens (primary N) is 1. The summed E-state index contributed by atoms with van der Waals surface area (Å²) in [6.45, 7) is 3.27. The molecule has 7 nitrogen and oxygen atoms in total. The fourth-order valence-corrected chi connectivity index (χ4v) is 2.36. The van der Waals surface area contributed by atoms with E-state index in [1.165, 1.54) is 6.07 Å². The predicted molar refractivity (Wildman–Crippen MR) is 98.0 cm³/mol. The number of anilines is 1. The van der Waals surface area contributed by atoms with Crippen molar-refractivity contribution in [3.8, 4) is 5.75 Å². The summed E-state index contributed by atoms with van der Waals surface area (Å²) in [5, 5.41) is 5.24. The van der Waals surface area contributed by atoms with Crippen LogP contribution in [0.2, 0.25) is 0 Å². The number of rotatable bonds is 7. The Kier molecular flexibility index (Phi) is 6.32. The molecule has 0 aliphatic rings. The molecule has 3 amide bonds. The van der Waals surface area contributed by atoms with E-state index in [0.717, 1.165) is 16.8 Å². The zero-order chi connectivity index (χ0) is 19.1. The monoisotopic (exact) mass is 355 g/mol. The molecule has 0 saturated carbocycles. The molecular weight excluding hydrogens is 334 g/mol. The first-order valence-electron chi connectivity index (χ1n) is 8.03. The number of primary amides is 1. The van der Waals surface area contributed by atoms with E-state index in [2.05, 4.69) is 10.6 Å². The Hall–Kier alpha value is -3.35. The van der Waals surface area contributed by atoms with Crippen LogP contribution in [0.4, 0.5) is 5.69 Å². The molecule has 0 aromatic heterocycles. The van der Waals surface area contributed by atoms with Crippen LogP contribution in [0, 0.1) is 13.8 Å². The normalized spacial score (nSPS) is 10.1. The third-order valence-corrected chi connectivity index (χ3v) is 3.70. The van der Waals surface area contributed by atoms with Crippen molar-refractivity contribution in [2.75, 3.05) is 18.5 Å². The van der Waals surface area contributed by atoms with Crippen molar-refractivity contribution in [1.82, 2.24) is 5.32 Å². The zero-order valence-corrected chi connectivity index (χ0v) is 14.7. The number of amides is 3. The Morgan fingerprint density at radius 1 is 0.962 bits per heavy atom. The number of ether oxygens (including phenoxy) is 1. The topological polar surface area (TPSA) is 111 Å². The molecule has 0 heterocycles. The van der Waals surface area contributed by atoms with E-state index >= 15 is 0 Å². The van der Waals surface area contributed by atoms with Gasteiger partial charge in [0.15, 0.2) is 6.61 Å². The van der Waals surface area contributed by atoms with Gasteiger partial charge < -0.3 is 21.1 Å². The summed E-state index contributed by atoms with van der Waals surface area (Å²) in [6.07, 6.45) is 0. The maximum Gasteiger partial charge on any atom is 0.258 e. The van der Waals surface area contributed by atoms with Gasteiger partial charge in [0.1, 0.15) is 5.75 Å². The molecule has 0 fully saturated rings. The third-order valence-electron chi connectivity index (χ3n) is 3.70. The first-order chi connectivity index (χ1) is 12.4. The van der Waals surface area contributed by atoms with Crippen molar-refractivity contribution >= 4 is 23.4 Å². The molecule has 7 heteroatoms. The first-order valence-corrected chi connectivity index (χ1v) is 8.03. The van der Waals surface area contributed by atoms with Crippen LogP contribution >= 0.6 is 0 Å². The van der Waals surface area contributed by atoms with Gasteiger partial charge in [0.05, 0.1) is 12.1 Å². The van der Waals surface area contributed by atoms with Gasteiger partial charge in [-0.1, -0.05) is 30.3 Å². The lowest BCUT2D eigenvalue weighted by atomic mass is 10.1. The van der Waals surface area contributed by atoms with Crippen LogP contribution in [0.3, 0.4) is 0 Å². The van der Waals surface area contributed by atoms with E-state index in [4.69, 9.17) is 10.5 Å². The number of para-hydroxylation sites is 2. The second-order valence-electron chi connectivity index (χ2n) is 5.74. The van der Waals surface area contributed by atoms with Crippen LogP contribution in [0.1, 0.15) is 21.5 Å². The Labute approximate surface area is 151 Å². The fourth-order valence-electron chi connectivity index (χ4n) is 2.36. The van der Waals surface area contributed by atoms with Gasteiger partial charge in [-0.15, -0.1) is 0 Å². The highest BCUT2D eigenvalue weighted by Gasteiger charge is 2.12. The lowest BCUT2D eigenvalue weighted by Gasteiger charge is -2.12. The molecule has 2 aromatic carbocycles. The average Bonchev–Trinajstić information content (AvgIpc) is 2.61. The highest BCUT2D eigenvalue weighted by atomic mass is 16.5. The van der Waals surface area contributed by atoms with Crippen molar-refractivity contribution in [3.63, 3.8) is 0 Å². The molecule has 26 heavy (non-hydrogen) atoms. The molecule has 2 rings (SSSR count). The summed E-state index contributed by atoms with van der Waals surface area (Å²) in [7, 11) is 0. The number of aryl methyl sites for hydroxylation is 2. The first kappa shape index (κ1) is 19.0. The molecule has 0 aliphatic heterocycles. The lowest BCUT2D eigenvalue weighted by molar-refractivity contribution is -0.125. The minimum atomic E-state index is -0.644. The van der Waals surface area contributed by atoms with Crippen LogP contribution in [0.15, 0.2) is 42.5 Å². The smallest absolute Gasteiger partial charge is 0.258 e. The average molecular weight is 355 g/mol. The van der Waals surface area contributed by atoms with Crippen LogP contribution in [0.25, 0.3) is 0 Å². The number of hydrogen-bond donors (Lipinski definition) is 3. The van der Waals surface area contributed by atoms with Gasteiger partial charge in [0.2, 0.25) is 5.91 Å². The Morgan fingerprint density at radius 2 is 1.62 bits per heavy atom. The molecule has 0 saturated heterocycles. The van der Waals surface area contributed by atoms with E-state index in [1.807, 2.05) is 32.0 Å². The number of carbonyl (C=O) groups excluding carboxylic acids is 3. The second kappa shape index (κ2) is 8.66. The molecule has 4 N–H and O–H groups in total. The van der Waals surface area contributed by atoms with Crippen molar-refractivity contribution in [3.05, 3.63) is 59.2 Å². The van der Waals surface area contributed by atoms with E-state index < -0.39 is 11.8 Å². The number of benzene rings is 2. The summed E-state index contributed by atoms with van der Waals surface area (Å²) in [5.41, 5.74) is 8.05. The minimum Gasteiger partial charge on any atom is -0.483 e. The summed E-state index contributed by atoms with van der Waals surface area (Å²) < 4.78 is 5.30. The van der Waals surface area contributed by atoms with E-state index in [9.17, 15) is 14.4 Å². The van der Waals surface area contributed by atoms with Crippen LogP contribution in [-0.4, -0.2) is 30.9 Å². The van der Waals surface area contributed by atoms with Crippen molar-refractivity contribution in [2.45, 2.75) is 13.8 Å². The maximum absolute atomic E-state index is 12.0. The van der Waals surface area contributed by atoms with Gasteiger partial charge in [-0.05, 0) is 37.1 Å². The van der Waals surface area contributed by atoms with Gasteiger partial charge in [-0.2, -0.15) is 0 Å².